The van der Waals surface area contributed by atoms with Gasteiger partial charge in [0, 0.05) is 13.0 Å². The van der Waals surface area contributed by atoms with E-state index in [9.17, 15) is 0 Å². The zero-order chi connectivity index (χ0) is 11.5. The first-order valence-electron chi connectivity index (χ1n) is 5.74. The maximum absolute atomic E-state index is 8.59. The van der Waals surface area contributed by atoms with E-state index in [4.69, 9.17) is 5.11 Å². The fraction of sp³-hybridized carbons (Fsp3) is 0.333. The Balaban J connectivity index is 2.19. The summed E-state index contributed by atoms with van der Waals surface area (Å²) in [5.74, 6) is 6.11. The Kier molecular flexibility index (Phi) is 6.87. The van der Waals surface area contributed by atoms with Crippen LogP contribution in [0, 0.1) is 11.8 Å². The van der Waals surface area contributed by atoms with E-state index in [1.165, 1.54) is 5.56 Å². The molecule has 0 saturated heterocycles. The smallest absolute Gasteiger partial charge is 0.0431 e. The lowest BCUT2D eigenvalue weighted by Gasteiger charge is -1.91. The van der Waals surface area contributed by atoms with Crippen molar-refractivity contribution < 1.29 is 5.11 Å². The van der Waals surface area contributed by atoms with Crippen LogP contribution in [0.4, 0.5) is 0 Å². The fourth-order valence-corrected chi connectivity index (χ4v) is 1.34. The number of rotatable bonds is 5. The highest BCUT2D eigenvalue weighted by Gasteiger charge is 1.84. The van der Waals surface area contributed by atoms with Gasteiger partial charge in [0.25, 0.3) is 0 Å². The second-order valence-corrected chi connectivity index (χ2v) is 3.60. The minimum absolute atomic E-state index is 0.293. The molecule has 0 aliphatic heterocycles. The third-order valence-corrected chi connectivity index (χ3v) is 2.22. The molecule has 0 radical (unpaired) electrons. The molecule has 0 saturated carbocycles. The van der Waals surface area contributed by atoms with E-state index in [1.54, 1.807) is 0 Å². The van der Waals surface area contributed by atoms with E-state index in [1.807, 2.05) is 30.4 Å². The number of aliphatic hydroxyl groups excluding tert-OH is 1. The van der Waals surface area contributed by atoms with Gasteiger partial charge in [0.15, 0.2) is 0 Å². The highest BCUT2D eigenvalue weighted by atomic mass is 16.2. The standard InChI is InChI=1S/C15H18O/c16-14-10-5-3-1-2-4-7-11-15-12-8-6-9-13-15/h6-9,11-13,16H,1,3,5,10,14H2. The molecule has 0 aliphatic rings. The molecule has 1 heteroatoms. The van der Waals surface area contributed by atoms with Crippen LogP contribution < -0.4 is 0 Å². The Labute approximate surface area is 97.8 Å². The van der Waals surface area contributed by atoms with Gasteiger partial charge in [-0.3, -0.25) is 0 Å². The summed E-state index contributed by atoms with van der Waals surface area (Å²) in [5.41, 5.74) is 1.18. The average molecular weight is 214 g/mol. The Hall–Kier alpha value is -1.52. The van der Waals surface area contributed by atoms with Crippen LogP contribution >= 0.6 is 0 Å². The lowest BCUT2D eigenvalue weighted by Crippen LogP contribution is -1.81. The van der Waals surface area contributed by atoms with Gasteiger partial charge in [-0.1, -0.05) is 48.6 Å². The number of unbranched alkanes of at least 4 members (excludes halogenated alkanes) is 3. The topological polar surface area (TPSA) is 20.2 Å². The van der Waals surface area contributed by atoms with Crippen LogP contribution in [0.25, 0.3) is 6.08 Å². The molecule has 1 aromatic rings. The van der Waals surface area contributed by atoms with Crippen LogP contribution in [0.1, 0.15) is 31.2 Å². The maximum atomic E-state index is 8.59. The minimum Gasteiger partial charge on any atom is -0.396 e. The normalized spacial score (nSPS) is 10.1. The van der Waals surface area contributed by atoms with Gasteiger partial charge in [-0.25, -0.2) is 0 Å². The lowest BCUT2D eigenvalue weighted by atomic mass is 10.2. The second-order valence-electron chi connectivity index (χ2n) is 3.60. The summed E-state index contributed by atoms with van der Waals surface area (Å²) in [6.45, 7) is 0.293. The van der Waals surface area contributed by atoms with E-state index in [-0.39, 0.29) is 0 Å². The van der Waals surface area contributed by atoms with Crippen molar-refractivity contribution in [3.63, 3.8) is 0 Å². The number of benzene rings is 1. The molecule has 0 spiro atoms. The van der Waals surface area contributed by atoms with Gasteiger partial charge in [0.2, 0.25) is 0 Å². The van der Waals surface area contributed by atoms with Crippen molar-refractivity contribution in [2.24, 2.45) is 0 Å². The summed E-state index contributed by atoms with van der Waals surface area (Å²) in [5, 5.41) is 8.59. The highest BCUT2D eigenvalue weighted by Crippen LogP contribution is 2.00. The third kappa shape index (κ3) is 6.06. The Morgan fingerprint density at radius 3 is 2.62 bits per heavy atom. The summed E-state index contributed by atoms with van der Waals surface area (Å²) in [7, 11) is 0. The molecule has 0 aliphatic carbocycles. The van der Waals surface area contributed by atoms with Gasteiger partial charge in [0.05, 0.1) is 0 Å². The zero-order valence-corrected chi connectivity index (χ0v) is 9.52. The fourth-order valence-electron chi connectivity index (χ4n) is 1.34. The molecule has 0 amide bonds. The molecule has 0 atom stereocenters. The van der Waals surface area contributed by atoms with Crippen molar-refractivity contribution >= 4 is 6.08 Å². The summed E-state index contributed by atoms with van der Waals surface area (Å²) < 4.78 is 0. The second kappa shape index (κ2) is 8.76. The molecule has 1 N–H and O–H groups in total. The predicted octanol–water partition coefficient (Wildman–Crippen LogP) is 3.26. The summed E-state index contributed by atoms with van der Waals surface area (Å²) >= 11 is 0. The first-order valence-corrected chi connectivity index (χ1v) is 5.74. The number of hydrogen-bond acceptors (Lipinski definition) is 1. The Morgan fingerprint density at radius 2 is 1.88 bits per heavy atom. The molecule has 84 valence electrons. The lowest BCUT2D eigenvalue weighted by molar-refractivity contribution is 0.283. The van der Waals surface area contributed by atoms with Crippen molar-refractivity contribution in [2.75, 3.05) is 6.61 Å². The summed E-state index contributed by atoms with van der Waals surface area (Å²) in [6, 6.07) is 10.1. The Morgan fingerprint density at radius 1 is 1.06 bits per heavy atom. The monoisotopic (exact) mass is 214 g/mol. The summed E-state index contributed by atoms with van der Waals surface area (Å²) in [4.78, 5) is 0. The maximum Gasteiger partial charge on any atom is 0.0431 e. The van der Waals surface area contributed by atoms with Crippen LogP contribution in [0.5, 0.6) is 0 Å². The highest BCUT2D eigenvalue weighted by molar-refractivity contribution is 5.52. The first kappa shape index (κ1) is 12.5. The van der Waals surface area contributed by atoms with Crippen LogP contribution in [-0.4, -0.2) is 11.7 Å². The van der Waals surface area contributed by atoms with E-state index in [0.29, 0.717) is 6.61 Å². The molecule has 16 heavy (non-hydrogen) atoms. The third-order valence-electron chi connectivity index (χ3n) is 2.22. The van der Waals surface area contributed by atoms with E-state index >= 15 is 0 Å². The van der Waals surface area contributed by atoms with Gasteiger partial charge < -0.3 is 5.11 Å². The molecular weight excluding hydrogens is 196 g/mol. The molecule has 0 heterocycles. The molecule has 0 unspecified atom stereocenters. The molecular formula is C15H18O. The molecule has 1 aromatic carbocycles. The van der Waals surface area contributed by atoms with Crippen LogP contribution in [-0.2, 0) is 0 Å². The van der Waals surface area contributed by atoms with Gasteiger partial charge in [-0.2, -0.15) is 0 Å². The quantitative estimate of drug-likeness (QED) is 0.589. The molecule has 1 rings (SSSR count). The number of hydrogen-bond donors (Lipinski definition) is 1. The first-order chi connectivity index (χ1) is 7.93. The van der Waals surface area contributed by atoms with Gasteiger partial charge in [-0.15, -0.1) is 0 Å². The average Bonchev–Trinajstić information content (AvgIpc) is 2.34. The molecule has 1 nitrogen and oxygen atoms in total. The van der Waals surface area contributed by atoms with Crippen molar-refractivity contribution in [2.45, 2.75) is 25.7 Å². The van der Waals surface area contributed by atoms with Crippen molar-refractivity contribution in [3.8, 4) is 11.8 Å². The van der Waals surface area contributed by atoms with Crippen LogP contribution in [0.2, 0.25) is 0 Å². The van der Waals surface area contributed by atoms with E-state index in [0.717, 1.165) is 25.7 Å². The van der Waals surface area contributed by atoms with E-state index < -0.39 is 0 Å². The molecule has 0 aromatic heterocycles. The van der Waals surface area contributed by atoms with Crippen molar-refractivity contribution in [1.82, 2.24) is 0 Å². The van der Waals surface area contributed by atoms with Gasteiger partial charge in [0.1, 0.15) is 0 Å². The minimum atomic E-state index is 0.293. The van der Waals surface area contributed by atoms with Crippen molar-refractivity contribution in [3.05, 3.63) is 42.0 Å². The van der Waals surface area contributed by atoms with E-state index in [2.05, 4.69) is 24.0 Å². The summed E-state index contributed by atoms with van der Waals surface area (Å²) in [6.07, 6.45) is 7.85. The van der Waals surface area contributed by atoms with Gasteiger partial charge >= 0.3 is 0 Å². The number of allylic oxidation sites excluding steroid dienone is 1. The zero-order valence-electron chi connectivity index (χ0n) is 9.52. The van der Waals surface area contributed by atoms with Crippen LogP contribution in [0.3, 0.4) is 0 Å². The Bertz CT molecular complexity index is 354. The van der Waals surface area contributed by atoms with Crippen molar-refractivity contribution in [1.29, 1.82) is 0 Å². The van der Waals surface area contributed by atoms with Crippen LogP contribution in [0.15, 0.2) is 36.4 Å². The SMILES string of the molecule is OCCCCCC#CC=Cc1ccccc1. The predicted molar refractivity (Wildman–Crippen MR) is 68.8 cm³/mol. The molecule has 0 fully saturated rings. The molecule has 0 bridgehead atoms. The number of aliphatic hydroxyl groups is 1. The largest absolute Gasteiger partial charge is 0.396 e. The van der Waals surface area contributed by atoms with Gasteiger partial charge in [-0.05, 0) is 30.6 Å².